The third-order valence-electron chi connectivity index (χ3n) is 4.22. The van der Waals surface area contributed by atoms with Crippen molar-refractivity contribution in [2.24, 2.45) is 11.8 Å². The molecule has 2 unspecified atom stereocenters. The van der Waals surface area contributed by atoms with E-state index in [1.54, 1.807) is 0 Å². The van der Waals surface area contributed by atoms with Crippen LogP contribution in [-0.2, 0) is 0 Å². The maximum Gasteiger partial charge on any atom is 0.0650 e. The first-order valence-corrected chi connectivity index (χ1v) is 5.92. The normalized spacial score (nSPS) is 42.5. The van der Waals surface area contributed by atoms with Crippen LogP contribution in [0.15, 0.2) is 0 Å². The van der Waals surface area contributed by atoms with E-state index < -0.39 is 0 Å². The molecule has 0 spiro atoms. The van der Waals surface area contributed by atoms with Gasteiger partial charge in [0.25, 0.3) is 0 Å². The van der Waals surface area contributed by atoms with Gasteiger partial charge in [0.1, 0.15) is 0 Å². The Hall–Kier alpha value is -0.0400. The molecule has 0 aliphatic heterocycles. The summed E-state index contributed by atoms with van der Waals surface area (Å²) in [5, 5.41) is 10.2. The second kappa shape index (κ2) is 3.61. The van der Waals surface area contributed by atoms with Gasteiger partial charge in [0.15, 0.2) is 0 Å². The molecule has 2 atom stereocenters. The molecule has 0 aromatic carbocycles. The van der Waals surface area contributed by atoms with Crippen LogP contribution < -0.4 is 0 Å². The van der Waals surface area contributed by atoms with Crippen LogP contribution in [0.25, 0.3) is 0 Å². The van der Waals surface area contributed by atoms with Crippen LogP contribution in [0.3, 0.4) is 0 Å². The fourth-order valence-electron chi connectivity index (χ4n) is 3.46. The van der Waals surface area contributed by atoms with Crippen LogP contribution >= 0.6 is 0 Å². The quantitative estimate of drug-likeness (QED) is 0.660. The van der Waals surface area contributed by atoms with Gasteiger partial charge in [0.2, 0.25) is 0 Å². The summed E-state index contributed by atoms with van der Waals surface area (Å²) < 4.78 is 0. The molecule has 13 heavy (non-hydrogen) atoms. The average molecular weight is 182 g/mol. The molecule has 0 aromatic heterocycles. The Morgan fingerprint density at radius 3 is 2.23 bits per heavy atom. The van der Waals surface area contributed by atoms with Crippen LogP contribution in [0, 0.1) is 11.8 Å². The van der Waals surface area contributed by atoms with E-state index in [2.05, 4.69) is 6.92 Å². The van der Waals surface area contributed by atoms with Gasteiger partial charge in [-0.2, -0.15) is 0 Å². The van der Waals surface area contributed by atoms with Gasteiger partial charge in [-0.1, -0.05) is 38.5 Å². The molecule has 0 aromatic rings. The minimum Gasteiger partial charge on any atom is -0.390 e. The molecule has 1 N–H and O–H groups in total. The molecule has 0 heterocycles. The summed E-state index contributed by atoms with van der Waals surface area (Å²) in [5.74, 6) is 1.46. The van der Waals surface area contributed by atoms with E-state index in [0.29, 0.717) is 5.92 Å². The Morgan fingerprint density at radius 2 is 1.69 bits per heavy atom. The van der Waals surface area contributed by atoms with Gasteiger partial charge in [0, 0.05) is 0 Å². The van der Waals surface area contributed by atoms with E-state index in [1.807, 2.05) is 0 Å². The van der Waals surface area contributed by atoms with Crippen LogP contribution in [0.4, 0.5) is 0 Å². The molecule has 2 rings (SSSR count). The Kier molecular flexibility index (Phi) is 2.64. The van der Waals surface area contributed by atoms with E-state index in [1.165, 1.54) is 44.9 Å². The highest BCUT2D eigenvalue weighted by Gasteiger charge is 2.41. The minimum absolute atomic E-state index is 0.331. The molecule has 1 heteroatoms. The van der Waals surface area contributed by atoms with Crippen molar-refractivity contribution in [1.82, 2.24) is 0 Å². The molecular weight excluding hydrogens is 160 g/mol. The highest BCUT2D eigenvalue weighted by molar-refractivity contribution is 4.92. The van der Waals surface area contributed by atoms with Gasteiger partial charge >= 0.3 is 0 Å². The van der Waals surface area contributed by atoms with Crippen LogP contribution in [0.1, 0.15) is 58.3 Å². The first-order valence-electron chi connectivity index (χ1n) is 5.92. The molecule has 2 aliphatic carbocycles. The second-order valence-electron chi connectivity index (χ2n) is 5.25. The largest absolute Gasteiger partial charge is 0.390 e. The maximum absolute atomic E-state index is 10.2. The van der Waals surface area contributed by atoms with Crippen molar-refractivity contribution in [3.05, 3.63) is 0 Å². The summed E-state index contributed by atoms with van der Waals surface area (Å²) in [6.07, 6.45) is 10.5. The Bertz CT molecular complexity index is 168. The average Bonchev–Trinajstić information content (AvgIpc) is 2.47. The lowest BCUT2D eigenvalue weighted by atomic mass is 9.74. The third kappa shape index (κ3) is 1.90. The fraction of sp³-hybridized carbons (Fsp3) is 1.00. The van der Waals surface area contributed by atoms with Crippen molar-refractivity contribution in [2.45, 2.75) is 63.9 Å². The number of hydrogen-bond acceptors (Lipinski definition) is 1. The minimum atomic E-state index is -0.331. The Balaban J connectivity index is 1.98. The van der Waals surface area contributed by atoms with Crippen molar-refractivity contribution in [3.63, 3.8) is 0 Å². The first-order chi connectivity index (χ1) is 6.20. The highest BCUT2D eigenvalue weighted by Crippen LogP contribution is 2.44. The van der Waals surface area contributed by atoms with Crippen LogP contribution in [0.2, 0.25) is 0 Å². The van der Waals surface area contributed by atoms with Gasteiger partial charge < -0.3 is 5.11 Å². The zero-order valence-corrected chi connectivity index (χ0v) is 8.76. The van der Waals surface area contributed by atoms with Crippen molar-refractivity contribution >= 4 is 0 Å². The molecule has 0 amide bonds. The number of aliphatic hydroxyl groups is 1. The van der Waals surface area contributed by atoms with Crippen molar-refractivity contribution in [2.75, 3.05) is 0 Å². The predicted molar refractivity (Wildman–Crippen MR) is 54.5 cm³/mol. The Labute approximate surface area is 81.5 Å². The molecule has 2 fully saturated rings. The maximum atomic E-state index is 10.2. The summed E-state index contributed by atoms with van der Waals surface area (Å²) in [6, 6.07) is 0. The van der Waals surface area contributed by atoms with Crippen LogP contribution in [0.5, 0.6) is 0 Å². The highest BCUT2D eigenvalue weighted by atomic mass is 16.3. The summed E-state index contributed by atoms with van der Waals surface area (Å²) in [6.45, 7) is 2.05. The van der Waals surface area contributed by atoms with Crippen molar-refractivity contribution in [3.8, 4) is 0 Å². The lowest BCUT2D eigenvalue weighted by molar-refractivity contribution is -0.0112. The Morgan fingerprint density at radius 1 is 1.00 bits per heavy atom. The topological polar surface area (TPSA) is 20.2 Å². The molecular formula is C12H22O. The van der Waals surface area contributed by atoms with Gasteiger partial charge in [-0.25, -0.2) is 0 Å². The molecule has 0 saturated heterocycles. The fourth-order valence-corrected chi connectivity index (χ4v) is 3.46. The molecule has 1 nitrogen and oxygen atoms in total. The number of rotatable bonds is 1. The number of hydrogen-bond donors (Lipinski definition) is 1. The first kappa shape index (κ1) is 9.51. The predicted octanol–water partition coefficient (Wildman–Crippen LogP) is 3.12. The van der Waals surface area contributed by atoms with E-state index in [0.717, 1.165) is 12.3 Å². The van der Waals surface area contributed by atoms with E-state index in [9.17, 15) is 5.11 Å². The standard InChI is InChI=1S/C12H22O/c1-12(13)9-5-8-11(12)10-6-3-2-4-7-10/h10-11,13H,2-9H2,1H3. The van der Waals surface area contributed by atoms with Crippen molar-refractivity contribution in [1.29, 1.82) is 0 Å². The van der Waals surface area contributed by atoms with Gasteiger partial charge in [-0.05, 0) is 31.6 Å². The molecule has 2 saturated carbocycles. The van der Waals surface area contributed by atoms with Gasteiger partial charge in [-0.15, -0.1) is 0 Å². The molecule has 0 radical (unpaired) electrons. The third-order valence-corrected chi connectivity index (χ3v) is 4.22. The zero-order chi connectivity index (χ0) is 9.31. The van der Waals surface area contributed by atoms with Crippen LogP contribution in [-0.4, -0.2) is 10.7 Å². The van der Waals surface area contributed by atoms with E-state index in [-0.39, 0.29) is 5.60 Å². The lowest BCUT2D eigenvalue weighted by Gasteiger charge is -2.35. The SMILES string of the molecule is CC1(O)CCCC1C1CCCCC1. The monoisotopic (exact) mass is 182 g/mol. The zero-order valence-electron chi connectivity index (χ0n) is 8.76. The van der Waals surface area contributed by atoms with Gasteiger partial charge in [-0.3, -0.25) is 0 Å². The molecule has 2 aliphatic rings. The van der Waals surface area contributed by atoms with Crippen molar-refractivity contribution < 1.29 is 5.11 Å². The van der Waals surface area contributed by atoms with Gasteiger partial charge in [0.05, 0.1) is 5.60 Å². The smallest absolute Gasteiger partial charge is 0.0650 e. The van der Waals surface area contributed by atoms with E-state index >= 15 is 0 Å². The molecule has 0 bridgehead atoms. The summed E-state index contributed by atoms with van der Waals surface area (Å²) in [5.41, 5.74) is -0.331. The second-order valence-corrected chi connectivity index (χ2v) is 5.25. The summed E-state index contributed by atoms with van der Waals surface area (Å²) >= 11 is 0. The molecule has 76 valence electrons. The summed E-state index contributed by atoms with van der Waals surface area (Å²) in [4.78, 5) is 0. The van der Waals surface area contributed by atoms with E-state index in [4.69, 9.17) is 0 Å². The summed E-state index contributed by atoms with van der Waals surface area (Å²) in [7, 11) is 0. The lowest BCUT2D eigenvalue weighted by Crippen LogP contribution is -2.35.